The molecule has 1 N–H and O–H groups in total. The number of carbonyl (C=O) groups excluding carboxylic acids is 2. The molecule has 1 atom stereocenters. The van der Waals surface area contributed by atoms with Crippen molar-refractivity contribution in [1.82, 2.24) is 0 Å². The van der Waals surface area contributed by atoms with Crippen molar-refractivity contribution in [3.8, 4) is 5.75 Å². The van der Waals surface area contributed by atoms with Crippen LogP contribution in [0, 0.1) is 20.8 Å². The van der Waals surface area contributed by atoms with Gasteiger partial charge in [0.05, 0.1) is 19.2 Å². The minimum Gasteiger partial charge on any atom is -0.495 e. The highest BCUT2D eigenvalue weighted by Gasteiger charge is 2.19. The third-order valence-corrected chi connectivity index (χ3v) is 5.34. The molecule has 0 aliphatic carbocycles. The van der Waals surface area contributed by atoms with Gasteiger partial charge in [-0.15, -0.1) is 11.8 Å². The van der Waals surface area contributed by atoms with Crippen LogP contribution in [0.3, 0.4) is 0 Å². The van der Waals surface area contributed by atoms with E-state index in [9.17, 15) is 9.59 Å². The number of hydrogen-bond donors (Lipinski definition) is 1. The zero-order chi connectivity index (χ0) is 20.7. The molecule has 0 aromatic heterocycles. The SMILES string of the molecule is COc1ccc(C)cc1NC(=O)[C@@H](C)OC(=O)CCSc1ccc(C)c(C)c1. The Hall–Kier alpha value is -2.47. The zero-order valence-electron chi connectivity index (χ0n) is 17.0. The second-order valence-corrected chi connectivity index (χ2v) is 7.84. The molecule has 0 unspecified atom stereocenters. The second kappa shape index (κ2) is 10.2. The molecule has 0 aliphatic rings. The van der Waals surface area contributed by atoms with E-state index >= 15 is 0 Å². The summed E-state index contributed by atoms with van der Waals surface area (Å²) in [5.74, 6) is 0.373. The van der Waals surface area contributed by atoms with Gasteiger partial charge in [-0.1, -0.05) is 12.1 Å². The molecule has 0 aliphatic heterocycles. The molecule has 2 aromatic rings. The molecule has 0 spiro atoms. The molecule has 1 amide bonds. The lowest BCUT2D eigenvalue weighted by Crippen LogP contribution is -2.30. The first kappa shape index (κ1) is 21.8. The predicted molar refractivity (Wildman–Crippen MR) is 113 cm³/mol. The van der Waals surface area contributed by atoms with E-state index in [4.69, 9.17) is 9.47 Å². The summed E-state index contributed by atoms with van der Waals surface area (Å²) >= 11 is 1.60. The molecular formula is C22H27NO4S. The number of esters is 1. The summed E-state index contributed by atoms with van der Waals surface area (Å²) in [6, 6.07) is 11.7. The highest BCUT2D eigenvalue weighted by Crippen LogP contribution is 2.25. The van der Waals surface area contributed by atoms with Gasteiger partial charge >= 0.3 is 5.97 Å². The van der Waals surface area contributed by atoms with Crippen LogP contribution in [0.15, 0.2) is 41.3 Å². The van der Waals surface area contributed by atoms with Crippen molar-refractivity contribution >= 4 is 29.3 Å². The Morgan fingerprint density at radius 3 is 2.50 bits per heavy atom. The van der Waals surface area contributed by atoms with Crippen molar-refractivity contribution in [2.75, 3.05) is 18.2 Å². The number of nitrogens with one attached hydrogen (secondary N) is 1. The smallest absolute Gasteiger partial charge is 0.307 e. The third kappa shape index (κ3) is 6.30. The fraction of sp³-hybridized carbons (Fsp3) is 0.364. The molecule has 28 heavy (non-hydrogen) atoms. The monoisotopic (exact) mass is 401 g/mol. The molecule has 0 heterocycles. The molecular weight excluding hydrogens is 374 g/mol. The van der Waals surface area contributed by atoms with Crippen LogP contribution in [0.5, 0.6) is 5.75 Å². The summed E-state index contributed by atoms with van der Waals surface area (Å²) < 4.78 is 10.5. The fourth-order valence-corrected chi connectivity index (χ4v) is 3.45. The largest absolute Gasteiger partial charge is 0.495 e. The topological polar surface area (TPSA) is 64.6 Å². The molecule has 150 valence electrons. The van der Waals surface area contributed by atoms with Crippen LogP contribution >= 0.6 is 11.8 Å². The number of anilines is 1. The van der Waals surface area contributed by atoms with Gasteiger partial charge in [0.2, 0.25) is 0 Å². The van der Waals surface area contributed by atoms with Gasteiger partial charge < -0.3 is 14.8 Å². The van der Waals surface area contributed by atoms with Gasteiger partial charge in [-0.3, -0.25) is 9.59 Å². The van der Waals surface area contributed by atoms with Crippen LogP contribution in [0.1, 0.15) is 30.0 Å². The number of ether oxygens (including phenoxy) is 2. The van der Waals surface area contributed by atoms with E-state index in [-0.39, 0.29) is 12.3 Å². The number of benzene rings is 2. The average Bonchev–Trinajstić information content (AvgIpc) is 2.64. The number of thioether (sulfide) groups is 1. The van der Waals surface area contributed by atoms with Gasteiger partial charge in [0.15, 0.2) is 6.10 Å². The van der Waals surface area contributed by atoms with E-state index in [1.54, 1.807) is 24.8 Å². The number of amides is 1. The van der Waals surface area contributed by atoms with Crippen molar-refractivity contribution < 1.29 is 19.1 Å². The van der Waals surface area contributed by atoms with Crippen molar-refractivity contribution in [3.05, 3.63) is 53.1 Å². The van der Waals surface area contributed by atoms with Gasteiger partial charge in [-0.25, -0.2) is 0 Å². The second-order valence-electron chi connectivity index (χ2n) is 6.67. The summed E-state index contributed by atoms with van der Waals surface area (Å²) in [6.45, 7) is 7.62. The van der Waals surface area contributed by atoms with Crippen molar-refractivity contribution in [3.63, 3.8) is 0 Å². The Balaban J connectivity index is 1.82. The zero-order valence-corrected chi connectivity index (χ0v) is 17.8. The van der Waals surface area contributed by atoms with E-state index in [1.165, 1.54) is 18.2 Å². The molecule has 0 bridgehead atoms. The van der Waals surface area contributed by atoms with Crippen LogP contribution < -0.4 is 10.1 Å². The van der Waals surface area contributed by atoms with Gasteiger partial charge in [0.25, 0.3) is 5.91 Å². The van der Waals surface area contributed by atoms with E-state index in [1.807, 2.05) is 25.1 Å². The predicted octanol–water partition coefficient (Wildman–Crippen LogP) is 4.67. The van der Waals surface area contributed by atoms with E-state index in [0.29, 0.717) is 17.2 Å². The lowest BCUT2D eigenvalue weighted by Gasteiger charge is -2.15. The lowest BCUT2D eigenvalue weighted by atomic mass is 10.1. The molecule has 2 rings (SSSR count). The summed E-state index contributed by atoms with van der Waals surface area (Å²) in [5, 5.41) is 2.75. The number of aryl methyl sites for hydroxylation is 3. The molecule has 6 heteroatoms. The average molecular weight is 402 g/mol. The summed E-state index contributed by atoms with van der Waals surface area (Å²) in [4.78, 5) is 25.5. The first-order valence-corrected chi connectivity index (χ1v) is 10.1. The Morgan fingerprint density at radius 1 is 1.07 bits per heavy atom. The van der Waals surface area contributed by atoms with Gasteiger partial charge in [-0.05, 0) is 68.7 Å². The van der Waals surface area contributed by atoms with Crippen LogP contribution in [-0.4, -0.2) is 30.8 Å². The maximum atomic E-state index is 12.3. The first-order valence-electron chi connectivity index (χ1n) is 9.15. The minimum atomic E-state index is -0.885. The molecule has 0 radical (unpaired) electrons. The van der Waals surface area contributed by atoms with Gasteiger partial charge in [-0.2, -0.15) is 0 Å². The quantitative estimate of drug-likeness (QED) is 0.514. The number of hydrogen-bond acceptors (Lipinski definition) is 5. The van der Waals surface area contributed by atoms with Crippen LogP contribution in [0.25, 0.3) is 0 Å². The number of carbonyl (C=O) groups is 2. The highest BCUT2D eigenvalue weighted by atomic mass is 32.2. The van der Waals surface area contributed by atoms with Gasteiger partial charge in [0, 0.05) is 10.6 Å². The third-order valence-electron chi connectivity index (χ3n) is 4.34. The van der Waals surface area contributed by atoms with E-state index < -0.39 is 12.1 Å². The Morgan fingerprint density at radius 2 is 1.82 bits per heavy atom. The highest BCUT2D eigenvalue weighted by molar-refractivity contribution is 7.99. The normalized spacial score (nSPS) is 11.6. The van der Waals surface area contributed by atoms with Crippen molar-refractivity contribution in [2.45, 2.75) is 45.1 Å². The molecule has 2 aromatic carbocycles. The maximum Gasteiger partial charge on any atom is 0.307 e. The van der Waals surface area contributed by atoms with Crippen LogP contribution in [0.2, 0.25) is 0 Å². The summed E-state index contributed by atoms with van der Waals surface area (Å²) in [7, 11) is 1.54. The van der Waals surface area contributed by atoms with Crippen LogP contribution in [0.4, 0.5) is 5.69 Å². The van der Waals surface area contributed by atoms with E-state index in [0.717, 1.165) is 10.5 Å². The summed E-state index contributed by atoms with van der Waals surface area (Å²) in [5.41, 5.74) is 4.02. The molecule has 0 saturated carbocycles. The molecule has 5 nitrogen and oxygen atoms in total. The van der Waals surface area contributed by atoms with Crippen LogP contribution in [-0.2, 0) is 14.3 Å². The van der Waals surface area contributed by atoms with E-state index in [2.05, 4.69) is 31.3 Å². The van der Waals surface area contributed by atoms with Crippen molar-refractivity contribution in [1.29, 1.82) is 0 Å². The molecule has 0 saturated heterocycles. The van der Waals surface area contributed by atoms with Gasteiger partial charge in [0.1, 0.15) is 5.75 Å². The minimum absolute atomic E-state index is 0.239. The molecule has 0 fully saturated rings. The number of rotatable bonds is 8. The maximum absolute atomic E-state index is 12.3. The fourth-order valence-electron chi connectivity index (χ4n) is 2.52. The Kier molecular flexibility index (Phi) is 7.93. The summed E-state index contributed by atoms with van der Waals surface area (Å²) in [6.07, 6.45) is -0.646. The first-order chi connectivity index (χ1) is 13.3. The Bertz CT molecular complexity index is 850. The lowest BCUT2D eigenvalue weighted by molar-refractivity contribution is -0.152. The standard InChI is InChI=1S/C22H27NO4S/c1-14-6-9-20(26-5)19(12-14)23-22(25)17(4)27-21(24)10-11-28-18-8-7-15(2)16(3)13-18/h6-9,12-13,17H,10-11H2,1-5H3,(H,23,25)/t17-/m1/s1. The Labute approximate surface area is 170 Å². The van der Waals surface area contributed by atoms with Crippen molar-refractivity contribution in [2.24, 2.45) is 0 Å². The number of methoxy groups -OCH3 is 1.